The van der Waals surface area contributed by atoms with Crippen LogP contribution in [0.4, 0.5) is 0 Å². The van der Waals surface area contributed by atoms with Gasteiger partial charge in [0.15, 0.2) is 0 Å². The summed E-state index contributed by atoms with van der Waals surface area (Å²) < 4.78 is 5.38. The summed E-state index contributed by atoms with van der Waals surface area (Å²) in [6.45, 7) is 2.14. The Morgan fingerprint density at radius 3 is 2.83 bits per heavy atom. The highest BCUT2D eigenvalue weighted by Gasteiger charge is 2.64. The molecule has 3 heteroatoms. The highest BCUT2D eigenvalue weighted by Crippen LogP contribution is 2.68. The molecule has 0 N–H and O–H groups in total. The predicted octanol–water partition coefficient (Wildman–Crippen LogP) is 4.08. The van der Waals surface area contributed by atoms with E-state index in [-0.39, 0.29) is 10.8 Å². The zero-order valence-electron chi connectivity index (χ0n) is 14.6. The summed E-state index contributed by atoms with van der Waals surface area (Å²) in [6.07, 6.45) is 7.26. The normalized spacial score (nSPS) is 37.3. The van der Waals surface area contributed by atoms with Crippen molar-refractivity contribution in [3.63, 3.8) is 0 Å². The monoisotopic (exact) mass is 326 g/mol. The SMILES string of the molecule is COc1ccc2c(c1)CC[C@@H]1[C@@H]2CC[C@]2(C)C(=O)CC[C@]12CC=O. The van der Waals surface area contributed by atoms with Gasteiger partial charge in [0.25, 0.3) is 0 Å². The molecule has 24 heavy (non-hydrogen) atoms. The molecule has 0 amide bonds. The van der Waals surface area contributed by atoms with Crippen LogP contribution in [0.15, 0.2) is 18.2 Å². The minimum absolute atomic E-state index is 0.119. The molecule has 0 aliphatic heterocycles. The number of aryl methyl sites for hydroxylation is 1. The molecule has 0 bridgehead atoms. The third-order valence-corrected chi connectivity index (χ3v) is 7.59. The standard InChI is InChI=1S/C21H26O3/c1-20-9-7-17-16-5-4-15(24-2)13-14(16)3-6-18(17)21(20,11-12-22)10-8-19(20)23/h4-5,12-13,17-18H,3,6-11H2,1-2H3/t17-,18-,20-,21+/m1/s1. The van der Waals surface area contributed by atoms with Crippen LogP contribution < -0.4 is 4.74 Å². The lowest BCUT2D eigenvalue weighted by atomic mass is 9.47. The van der Waals surface area contributed by atoms with Crippen LogP contribution >= 0.6 is 0 Å². The Bertz CT molecular complexity index is 694. The van der Waals surface area contributed by atoms with Gasteiger partial charge in [0.2, 0.25) is 0 Å². The summed E-state index contributed by atoms with van der Waals surface area (Å²) in [6, 6.07) is 6.45. The van der Waals surface area contributed by atoms with Crippen molar-refractivity contribution in [2.75, 3.05) is 7.11 Å². The van der Waals surface area contributed by atoms with Gasteiger partial charge < -0.3 is 9.53 Å². The lowest BCUT2D eigenvalue weighted by Crippen LogP contribution is -2.51. The smallest absolute Gasteiger partial charge is 0.139 e. The molecular weight excluding hydrogens is 300 g/mol. The van der Waals surface area contributed by atoms with E-state index in [1.54, 1.807) is 7.11 Å². The van der Waals surface area contributed by atoms with Gasteiger partial charge in [0, 0.05) is 18.3 Å². The summed E-state index contributed by atoms with van der Waals surface area (Å²) in [5, 5.41) is 0. The van der Waals surface area contributed by atoms with Crippen molar-refractivity contribution in [1.82, 2.24) is 0 Å². The maximum absolute atomic E-state index is 12.7. The van der Waals surface area contributed by atoms with E-state index in [2.05, 4.69) is 25.1 Å². The van der Waals surface area contributed by atoms with Gasteiger partial charge in [-0.25, -0.2) is 0 Å². The van der Waals surface area contributed by atoms with Gasteiger partial charge in [-0.05, 0) is 72.6 Å². The van der Waals surface area contributed by atoms with E-state index < -0.39 is 0 Å². The van der Waals surface area contributed by atoms with E-state index in [9.17, 15) is 9.59 Å². The van der Waals surface area contributed by atoms with Gasteiger partial charge in [-0.2, -0.15) is 0 Å². The first-order chi connectivity index (χ1) is 11.6. The average Bonchev–Trinajstić information content (AvgIpc) is 2.86. The molecule has 3 aliphatic carbocycles. The van der Waals surface area contributed by atoms with E-state index in [0.29, 0.717) is 30.5 Å². The van der Waals surface area contributed by atoms with Crippen LogP contribution in [0.1, 0.15) is 62.5 Å². The Kier molecular flexibility index (Phi) is 3.59. The van der Waals surface area contributed by atoms with Crippen LogP contribution in [-0.4, -0.2) is 19.2 Å². The number of hydrogen-bond acceptors (Lipinski definition) is 3. The molecule has 4 rings (SSSR count). The topological polar surface area (TPSA) is 43.4 Å². The number of Topliss-reactive ketones (excluding diaryl/α,β-unsaturated/α-hetero) is 1. The number of carbonyl (C=O) groups is 2. The van der Waals surface area contributed by atoms with Crippen molar-refractivity contribution >= 4 is 12.1 Å². The van der Waals surface area contributed by atoms with Crippen molar-refractivity contribution in [3.8, 4) is 5.75 Å². The van der Waals surface area contributed by atoms with Crippen molar-refractivity contribution < 1.29 is 14.3 Å². The number of ketones is 1. The molecule has 3 nitrogen and oxygen atoms in total. The minimum Gasteiger partial charge on any atom is -0.497 e. The van der Waals surface area contributed by atoms with Gasteiger partial charge in [-0.3, -0.25) is 4.79 Å². The van der Waals surface area contributed by atoms with E-state index >= 15 is 0 Å². The molecule has 2 saturated carbocycles. The molecule has 0 aromatic heterocycles. The number of rotatable bonds is 3. The molecule has 0 heterocycles. The molecule has 1 aromatic carbocycles. The molecule has 2 fully saturated rings. The van der Waals surface area contributed by atoms with E-state index in [1.165, 1.54) is 11.1 Å². The molecule has 0 saturated heterocycles. The predicted molar refractivity (Wildman–Crippen MR) is 92.2 cm³/mol. The third-order valence-electron chi connectivity index (χ3n) is 7.59. The Morgan fingerprint density at radius 2 is 2.08 bits per heavy atom. The van der Waals surface area contributed by atoms with E-state index in [1.807, 2.05) is 0 Å². The third kappa shape index (κ3) is 1.90. The number of aldehydes is 1. The van der Waals surface area contributed by atoms with E-state index in [4.69, 9.17) is 4.74 Å². The summed E-state index contributed by atoms with van der Waals surface area (Å²) in [5.41, 5.74) is 2.41. The molecule has 0 spiro atoms. The quantitative estimate of drug-likeness (QED) is 0.786. The van der Waals surface area contributed by atoms with Gasteiger partial charge in [-0.15, -0.1) is 0 Å². The largest absolute Gasteiger partial charge is 0.497 e. The molecule has 1 aromatic rings. The van der Waals surface area contributed by atoms with Crippen LogP contribution in [0, 0.1) is 16.7 Å². The first-order valence-electron chi connectivity index (χ1n) is 9.19. The highest BCUT2D eigenvalue weighted by atomic mass is 16.5. The highest BCUT2D eigenvalue weighted by molar-refractivity contribution is 5.88. The first kappa shape index (κ1) is 15.9. The van der Waals surface area contributed by atoms with Gasteiger partial charge in [0.05, 0.1) is 7.11 Å². The number of hydrogen-bond donors (Lipinski definition) is 0. The van der Waals surface area contributed by atoms with Crippen LogP contribution in [0.3, 0.4) is 0 Å². The van der Waals surface area contributed by atoms with Crippen LogP contribution in [0.5, 0.6) is 5.75 Å². The second-order valence-corrected chi connectivity index (χ2v) is 8.14. The van der Waals surface area contributed by atoms with E-state index in [0.717, 1.165) is 44.1 Å². The molecule has 4 atom stereocenters. The minimum atomic E-state index is -0.293. The van der Waals surface area contributed by atoms with Gasteiger partial charge in [0.1, 0.15) is 17.8 Å². The summed E-state index contributed by atoms with van der Waals surface area (Å²) in [7, 11) is 1.71. The number of fused-ring (bicyclic) bond motifs is 5. The molecule has 3 aliphatic rings. The lowest BCUT2D eigenvalue weighted by Gasteiger charge is -2.56. The Labute approximate surface area is 143 Å². The number of carbonyl (C=O) groups excluding carboxylic acids is 2. The van der Waals surface area contributed by atoms with Crippen LogP contribution in [0.25, 0.3) is 0 Å². The molecule has 128 valence electrons. The van der Waals surface area contributed by atoms with Crippen molar-refractivity contribution in [2.24, 2.45) is 16.7 Å². The molecule has 0 radical (unpaired) electrons. The second-order valence-electron chi connectivity index (χ2n) is 8.14. The van der Waals surface area contributed by atoms with Crippen molar-refractivity contribution in [1.29, 1.82) is 0 Å². The first-order valence-corrected chi connectivity index (χ1v) is 9.19. The van der Waals surface area contributed by atoms with Crippen LogP contribution in [-0.2, 0) is 16.0 Å². The number of benzene rings is 1. The average molecular weight is 326 g/mol. The summed E-state index contributed by atoms with van der Waals surface area (Å²) in [5.74, 6) is 2.25. The Balaban J connectivity index is 1.78. The lowest BCUT2D eigenvalue weighted by molar-refractivity contribution is -0.138. The summed E-state index contributed by atoms with van der Waals surface area (Å²) in [4.78, 5) is 24.2. The zero-order chi connectivity index (χ0) is 16.9. The maximum Gasteiger partial charge on any atom is 0.139 e. The zero-order valence-corrected chi connectivity index (χ0v) is 14.6. The maximum atomic E-state index is 12.7. The van der Waals surface area contributed by atoms with Crippen LogP contribution in [0.2, 0.25) is 0 Å². The van der Waals surface area contributed by atoms with Gasteiger partial charge >= 0.3 is 0 Å². The van der Waals surface area contributed by atoms with Crippen molar-refractivity contribution in [2.45, 2.75) is 57.8 Å². The number of methoxy groups -OCH3 is 1. The fourth-order valence-electron chi connectivity index (χ4n) is 6.25. The molecule has 0 unspecified atom stereocenters. The summed E-state index contributed by atoms with van der Waals surface area (Å²) >= 11 is 0. The number of ether oxygens (including phenoxy) is 1. The Morgan fingerprint density at radius 1 is 1.25 bits per heavy atom. The molecular formula is C21H26O3. The fourth-order valence-corrected chi connectivity index (χ4v) is 6.25. The van der Waals surface area contributed by atoms with Gasteiger partial charge in [-0.1, -0.05) is 13.0 Å². The van der Waals surface area contributed by atoms with Crippen molar-refractivity contribution in [3.05, 3.63) is 29.3 Å². The fraction of sp³-hybridized carbons (Fsp3) is 0.619. The Hall–Kier alpha value is -1.64. The second kappa shape index (κ2) is 5.44.